The zero-order chi connectivity index (χ0) is 13.2. The first kappa shape index (κ1) is 12.8. The Morgan fingerprint density at radius 1 is 1.39 bits per heavy atom. The third-order valence-electron chi connectivity index (χ3n) is 3.65. The van der Waals surface area contributed by atoms with Crippen molar-refractivity contribution in [1.82, 2.24) is 15.6 Å². The van der Waals surface area contributed by atoms with Crippen LogP contribution in [0.15, 0.2) is 0 Å². The van der Waals surface area contributed by atoms with Crippen molar-refractivity contribution >= 4 is 17.8 Å². The quantitative estimate of drug-likeness (QED) is 0.275. The van der Waals surface area contributed by atoms with E-state index in [1.54, 1.807) is 0 Å². The molecule has 2 rings (SSSR count). The molecule has 0 aromatic heterocycles. The number of rotatable bonds is 4. The number of hydrogen-bond donors (Lipinski definition) is 3. The Labute approximate surface area is 105 Å². The number of nitrogens with two attached hydrogens (primary N) is 1. The van der Waals surface area contributed by atoms with E-state index in [2.05, 4.69) is 5.32 Å². The standard InChI is InChI=1S/C11H18N4O3/c12-14-8(16)4-3-7-15-9(17)11(13-10(15)18)5-1-2-6-11/h1-7,12H2,(H,13,18)(H,14,16). The number of hydrogen-bond acceptors (Lipinski definition) is 4. The zero-order valence-electron chi connectivity index (χ0n) is 10.2. The second-order valence-electron chi connectivity index (χ2n) is 4.85. The fraction of sp³-hybridized carbons (Fsp3) is 0.727. The highest BCUT2D eigenvalue weighted by atomic mass is 16.2. The van der Waals surface area contributed by atoms with E-state index in [1.807, 2.05) is 5.43 Å². The number of urea groups is 1. The predicted octanol–water partition coefficient (Wildman–Crippen LogP) is -0.379. The molecule has 1 heterocycles. The topological polar surface area (TPSA) is 105 Å². The third kappa shape index (κ3) is 2.17. The number of carbonyl (C=O) groups excluding carboxylic acids is 3. The summed E-state index contributed by atoms with van der Waals surface area (Å²) in [6.45, 7) is 0.264. The summed E-state index contributed by atoms with van der Waals surface area (Å²) in [7, 11) is 0. The largest absolute Gasteiger partial charge is 0.325 e. The Bertz CT molecular complexity index is 376. The minimum Gasteiger partial charge on any atom is -0.323 e. The highest BCUT2D eigenvalue weighted by molar-refractivity contribution is 6.07. The van der Waals surface area contributed by atoms with Gasteiger partial charge in [-0.15, -0.1) is 0 Å². The summed E-state index contributed by atoms with van der Waals surface area (Å²) in [4.78, 5) is 36.1. The molecule has 1 saturated carbocycles. The highest BCUT2D eigenvalue weighted by Crippen LogP contribution is 2.34. The van der Waals surface area contributed by atoms with Crippen LogP contribution >= 0.6 is 0 Å². The fourth-order valence-electron chi connectivity index (χ4n) is 2.67. The van der Waals surface area contributed by atoms with Crippen LogP contribution < -0.4 is 16.6 Å². The molecule has 7 nitrogen and oxygen atoms in total. The summed E-state index contributed by atoms with van der Waals surface area (Å²) in [5, 5.41) is 2.79. The molecule has 4 amide bonds. The van der Waals surface area contributed by atoms with E-state index >= 15 is 0 Å². The molecule has 100 valence electrons. The van der Waals surface area contributed by atoms with Crippen LogP contribution in [0, 0.1) is 0 Å². The van der Waals surface area contributed by atoms with Gasteiger partial charge >= 0.3 is 6.03 Å². The maximum Gasteiger partial charge on any atom is 0.325 e. The smallest absolute Gasteiger partial charge is 0.323 e. The van der Waals surface area contributed by atoms with Crippen LogP contribution in [0.3, 0.4) is 0 Å². The molecule has 1 aliphatic carbocycles. The van der Waals surface area contributed by atoms with Gasteiger partial charge in [-0.1, -0.05) is 12.8 Å². The SMILES string of the molecule is NNC(=O)CCCN1C(=O)NC2(CCCC2)C1=O. The summed E-state index contributed by atoms with van der Waals surface area (Å²) < 4.78 is 0. The molecular formula is C11H18N4O3. The van der Waals surface area contributed by atoms with E-state index in [0.29, 0.717) is 6.42 Å². The van der Waals surface area contributed by atoms with Crippen molar-refractivity contribution < 1.29 is 14.4 Å². The van der Waals surface area contributed by atoms with Gasteiger partial charge in [-0.3, -0.25) is 19.9 Å². The summed E-state index contributed by atoms with van der Waals surface area (Å²) in [5.74, 6) is 4.52. The van der Waals surface area contributed by atoms with Crippen molar-refractivity contribution in [3.05, 3.63) is 0 Å². The summed E-state index contributed by atoms with van der Waals surface area (Å²) in [6.07, 6.45) is 4.01. The van der Waals surface area contributed by atoms with E-state index in [-0.39, 0.29) is 30.8 Å². The molecule has 1 aliphatic heterocycles. The Morgan fingerprint density at radius 3 is 2.67 bits per heavy atom. The molecule has 0 atom stereocenters. The van der Waals surface area contributed by atoms with Crippen molar-refractivity contribution in [2.24, 2.45) is 5.84 Å². The van der Waals surface area contributed by atoms with Gasteiger partial charge in [0.25, 0.3) is 5.91 Å². The van der Waals surface area contributed by atoms with Gasteiger partial charge in [0.05, 0.1) is 0 Å². The van der Waals surface area contributed by atoms with Gasteiger partial charge < -0.3 is 5.32 Å². The van der Waals surface area contributed by atoms with Gasteiger partial charge in [-0.05, 0) is 19.3 Å². The van der Waals surface area contributed by atoms with Gasteiger partial charge in [0.1, 0.15) is 5.54 Å². The van der Waals surface area contributed by atoms with Gasteiger partial charge in [0.15, 0.2) is 0 Å². The van der Waals surface area contributed by atoms with Crippen LogP contribution in [0.2, 0.25) is 0 Å². The van der Waals surface area contributed by atoms with E-state index in [1.165, 1.54) is 4.90 Å². The lowest BCUT2D eigenvalue weighted by Gasteiger charge is -2.19. The molecule has 2 fully saturated rings. The van der Waals surface area contributed by atoms with E-state index < -0.39 is 5.54 Å². The summed E-state index contributed by atoms with van der Waals surface area (Å²) in [6, 6.07) is -0.338. The van der Waals surface area contributed by atoms with Crippen molar-refractivity contribution in [3.8, 4) is 0 Å². The minimum atomic E-state index is -0.660. The summed E-state index contributed by atoms with van der Waals surface area (Å²) >= 11 is 0. The van der Waals surface area contributed by atoms with Crippen LogP contribution in [0.4, 0.5) is 4.79 Å². The van der Waals surface area contributed by atoms with Crippen molar-refractivity contribution in [2.45, 2.75) is 44.1 Å². The average molecular weight is 254 g/mol. The van der Waals surface area contributed by atoms with E-state index in [0.717, 1.165) is 25.7 Å². The molecule has 0 radical (unpaired) electrons. The summed E-state index contributed by atoms with van der Waals surface area (Å²) in [5.41, 5.74) is 1.36. The lowest BCUT2D eigenvalue weighted by atomic mass is 9.98. The van der Waals surface area contributed by atoms with Crippen molar-refractivity contribution in [3.63, 3.8) is 0 Å². The molecule has 1 spiro atoms. The first-order valence-corrected chi connectivity index (χ1v) is 6.23. The first-order valence-electron chi connectivity index (χ1n) is 6.23. The Morgan fingerprint density at radius 2 is 2.06 bits per heavy atom. The number of nitrogens with zero attached hydrogens (tertiary/aromatic N) is 1. The Kier molecular flexibility index (Phi) is 3.51. The van der Waals surface area contributed by atoms with Gasteiger partial charge in [0.2, 0.25) is 5.91 Å². The van der Waals surface area contributed by atoms with Gasteiger partial charge in [-0.25, -0.2) is 10.6 Å². The van der Waals surface area contributed by atoms with Crippen molar-refractivity contribution in [2.75, 3.05) is 6.54 Å². The molecule has 0 unspecified atom stereocenters. The number of hydrazine groups is 1. The monoisotopic (exact) mass is 254 g/mol. The number of nitrogens with one attached hydrogen (secondary N) is 2. The van der Waals surface area contributed by atoms with Gasteiger partial charge in [0, 0.05) is 13.0 Å². The van der Waals surface area contributed by atoms with Crippen LogP contribution in [0.1, 0.15) is 38.5 Å². The Balaban J connectivity index is 1.91. The molecule has 0 aromatic carbocycles. The first-order chi connectivity index (χ1) is 8.59. The molecule has 1 saturated heterocycles. The number of amides is 4. The molecule has 7 heteroatoms. The zero-order valence-corrected chi connectivity index (χ0v) is 10.2. The third-order valence-corrected chi connectivity index (χ3v) is 3.65. The maximum atomic E-state index is 12.2. The van der Waals surface area contributed by atoms with E-state index in [9.17, 15) is 14.4 Å². The van der Waals surface area contributed by atoms with Crippen molar-refractivity contribution in [1.29, 1.82) is 0 Å². The second kappa shape index (κ2) is 4.93. The predicted molar refractivity (Wildman–Crippen MR) is 63.0 cm³/mol. The fourth-order valence-corrected chi connectivity index (χ4v) is 2.67. The maximum absolute atomic E-state index is 12.2. The normalized spacial score (nSPS) is 21.5. The molecule has 0 bridgehead atoms. The Hall–Kier alpha value is -1.63. The lowest BCUT2D eigenvalue weighted by Crippen LogP contribution is -2.44. The molecular weight excluding hydrogens is 236 g/mol. The molecule has 2 aliphatic rings. The number of imide groups is 1. The van der Waals surface area contributed by atoms with Crippen LogP contribution in [-0.2, 0) is 9.59 Å². The average Bonchev–Trinajstić information content (AvgIpc) is 2.90. The van der Waals surface area contributed by atoms with E-state index in [4.69, 9.17) is 5.84 Å². The molecule has 18 heavy (non-hydrogen) atoms. The molecule has 0 aromatic rings. The second-order valence-corrected chi connectivity index (χ2v) is 4.85. The molecule has 4 N–H and O–H groups in total. The minimum absolute atomic E-state index is 0.141. The van der Waals surface area contributed by atoms with Gasteiger partial charge in [-0.2, -0.15) is 0 Å². The van der Waals surface area contributed by atoms with Crippen LogP contribution in [-0.4, -0.2) is 34.8 Å². The number of carbonyl (C=O) groups is 3. The van der Waals surface area contributed by atoms with Crippen LogP contribution in [0.5, 0.6) is 0 Å². The lowest BCUT2D eigenvalue weighted by molar-refractivity contribution is -0.131. The highest BCUT2D eigenvalue weighted by Gasteiger charge is 2.51. The van der Waals surface area contributed by atoms with Crippen LogP contribution in [0.25, 0.3) is 0 Å².